The summed E-state index contributed by atoms with van der Waals surface area (Å²) in [6.07, 6.45) is 5.82. The van der Waals surface area contributed by atoms with Gasteiger partial charge in [-0.25, -0.2) is 0 Å². The largest absolute Gasteiger partial charge is 0.373 e. The number of nitriles is 1. The standard InChI is InChI=1S/C17H20N4O3/c1-2-15-7-3-4-9-20(15)12-13(11-18)17(22)19-14-6-5-8-16(10-14)21(23)24/h5-6,8,10,12,15H,2-4,7,9H2,1H3,(H,19,22)/b13-12-. The van der Waals surface area contributed by atoms with Crippen molar-refractivity contribution in [2.24, 2.45) is 0 Å². The summed E-state index contributed by atoms with van der Waals surface area (Å²) in [7, 11) is 0. The highest BCUT2D eigenvalue weighted by molar-refractivity contribution is 6.06. The van der Waals surface area contributed by atoms with Gasteiger partial charge in [-0.1, -0.05) is 13.0 Å². The number of hydrogen-bond donors (Lipinski definition) is 1. The summed E-state index contributed by atoms with van der Waals surface area (Å²) in [4.78, 5) is 24.6. The molecule has 7 nitrogen and oxygen atoms in total. The summed E-state index contributed by atoms with van der Waals surface area (Å²) in [5.74, 6) is -0.557. The number of nitrogens with one attached hydrogen (secondary N) is 1. The Bertz CT molecular complexity index is 693. The lowest BCUT2D eigenvalue weighted by Crippen LogP contribution is -2.35. The average molecular weight is 328 g/mol. The molecule has 7 heteroatoms. The zero-order chi connectivity index (χ0) is 17.5. The number of hydrogen-bond acceptors (Lipinski definition) is 5. The fourth-order valence-electron chi connectivity index (χ4n) is 2.83. The maximum atomic E-state index is 12.3. The zero-order valence-corrected chi connectivity index (χ0v) is 13.6. The molecule has 1 aromatic carbocycles. The lowest BCUT2D eigenvalue weighted by molar-refractivity contribution is -0.384. The fraction of sp³-hybridized carbons (Fsp3) is 0.412. The summed E-state index contributed by atoms with van der Waals surface area (Å²) in [6.45, 7) is 2.92. The minimum absolute atomic E-state index is 0.00172. The van der Waals surface area contributed by atoms with E-state index in [2.05, 4.69) is 17.1 Å². The molecule has 1 fully saturated rings. The fourth-order valence-corrected chi connectivity index (χ4v) is 2.83. The number of piperidine rings is 1. The molecule has 1 aromatic rings. The second-order valence-electron chi connectivity index (χ2n) is 5.71. The highest BCUT2D eigenvalue weighted by atomic mass is 16.6. The number of nitro groups is 1. The predicted octanol–water partition coefficient (Wildman–Crippen LogP) is 3.21. The Morgan fingerprint density at radius 1 is 1.54 bits per heavy atom. The maximum Gasteiger partial charge on any atom is 0.271 e. The van der Waals surface area contributed by atoms with Crippen molar-refractivity contribution in [1.29, 1.82) is 5.26 Å². The van der Waals surface area contributed by atoms with Crippen molar-refractivity contribution in [2.75, 3.05) is 11.9 Å². The number of benzene rings is 1. The van der Waals surface area contributed by atoms with Crippen LogP contribution in [0.5, 0.6) is 0 Å². The molecular weight excluding hydrogens is 308 g/mol. The second kappa shape index (κ2) is 8.11. The molecule has 0 aromatic heterocycles. The molecule has 0 spiro atoms. The number of nitro benzene ring substituents is 1. The first-order chi connectivity index (χ1) is 11.5. The highest BCUT2D eigenvalue weighted by Gasteiger charge is 2.20. The van der Waals surface area contributed by atoms with Gasteiger partial charge in [0.2, 0.25) is 0 Å². The number of carbonyl (C=O) groups is 1. The van der Waals surface area contributed by atoms with Crippen molar-refractivity contribution in [1.82, 2.24) is 4.90 Å². The van der Waals surface area contributed by atoms with Crippen molar-refractivity contribution in [3.05, 3.63) is 46.2 Å². The van der Waals surface area contributed by atoms with Gasteiger partial charge in [-0.15, -0.1) is 0 Å². The van der Waals surface area contributed by atoms with Crippen LogP contribution in [-0.4, -0.2) is 28.3 Å². The van der Waals surface area contributed by atoms with E-state index in [1.165, 1.54) is 18.2 Å². The summed E-state index contributed by atoms with van der Waals surface area (Å²) >= 11 is 0. The van der Waals surface area contributed by atoms with Gasteiger partial charge in [0.25, 0.3) is 11.6 Å². The molecule has 1 atom stereocenters. The SMILES string of the molecule is CCC1CCCCN1/C=C(/C#N)C(=O)Nc1cccc([N+](=O)[O-])c1. The highest BCUT2D eigenvalue weighted by Crippen LogP contribution is 2.21. The van der Waals surface area contributed by atoms with Gasteiger partial charge >= 0.3 is 0 Å². The number of likely N-dealkylation sites (tertiary alicyclic amines) is 1. The molecule has 1 N–H and O–H groups in total. The van der Waals surface area contributed by atoms with E-state index in [0.29, 0.717) is 11.7 Å². The van der Waals surface area contributed by atoms with Crippen LogP contribution in [-0.2, 0) is 4.79 Å². The number of carbonyl (C=O) groups excluding carboxylic acids is 1. The van der Waals surface area contributed by atoms with Crippen LogP contribution < -0.4 is 5.32 Å². The normalized spacial score (nSPS) is 17.9. The molecule has 0 radical (unpaired) electrons. The number of nitrogens with zero attached hydrogens (tertiary/aromatic N) is 3. The van der Waals surface area contributed by atoms with Crippen molar-refractivity contribution in [3.8, 4) is 6.07 Å². The summed E-state index contributed by atoms with van der Waals surface area (Å²) < 4.78 is 0. The van der Waals surface area contributed by atoms with Gasteiger partial charge in [-0.05, 0) is 31.7 Å². The van der Waals surface area contributed by atoms with Crippen LogP contribution in [0.1, 0.15) is 32.6 Å². The molecular formula is C17H20N4O3. The topological polar surface area (TPSA) is 99.3 Å². The Kier molecular flexibility index (Phi) is 5.90. The smallest absolute Gasteiger partial charge is 0.271 e. The molecule has 126 valence electrons. The van der Waals surface area contributed by atoms with Crippen LogP contribution in [0.25, 0.3) is 0 Å². The van der Waals surface area contributed by atoms with E-state index in [4.69, 9.17) is 0 Å². The van der Waals surface area contributed by atoms with E-state index in [1.54, 1.807) is 12.3 Å². The zero-order valence-electron chi connectivity index (χ0n) is 13.6. The lowest BCUT2D eigenvalue weighted by Gasteiger charge is -2.34. The first kappa shape index (κ1) is 17.5. The molecule has 1 amide bonds. The van der Waals surface area contributed by atoms with E-state index < -0.39 is 10.8 Å². The molecule has 0 aliphatic carbocycles. The van der Waals surface area contributed by atoms with Gasteiger partial charge < -0.3 is 10.2 Å². The lowest BCUT2D eigenvalue weighted by atomic mass is 10.0. The molecule has 24 heavy (non-hydrogen) atoms. The molecule has 0 bridgehead atoms. The van der Waals surface area contributed by atoms with Gasteiger partial charge in [0.1, 0.15) is 11.6 Å². The van der Waals surface area contributed by atoms with Crippen molar-refractivity contribution < 1.29 is 9.72 Å². The van der Waals surface area contributed by atoms with Gasteiger partial charge in [-0.2, -0.15) is 5.26 Å². The average Bonchev–Trinajstić information content (AvgIpc) is 2.60. The Hall–Kier alpha value is -2.88. The first-order valence-electron chi connectivity index (χ1n) is 7.98. The Labute approximate surface area is 140 Å². The Morgan fingerprint density at radius 2 is 2.33 bits per heavy atom. The minimum atomic E-state index is -0.557. The van der Waals surface area contributed by atoms with Crippen molar-refractivity contribution >= 4 is 17.3 Å². The third kappa shape index (κ3) is 4.32. The van der Waals surface area contributed by atoms with E-state index in [1.807, 2.05) is 6.07 Å². The van der Waals surface area contributed by atoms with Gasteiger partial charge in [0.15, 0.2) is 0 Å². The molecule has 2 rings (SSSR count). The van der Waals surface area contributed by atoms with Gasteiger partial charge in [-0.3, -0.25) is 14.9 Å². The van der Waals surface area contributed by atoms with Crippen LogP contribution in [0.15, 0.2) is 36.0 Å². The molecule has 1 aliphatic heterocycles. The third-order valence-electron chi connectivity index (χ3n) is 4.12. The van der Waals surface area contributed by atoms with Crippen LogP contribution in [0.2, 0.25) is 0 Å². The summed E-state index contributed by atoms with van der Waals surface area (Å²) in [6, 6.07) is 7.91. The van der Waals surface area contributed by atoms with E-state index in [0.717, 1.165) is 32.2 Å². The van der Waals surface area contributed by atoms with Gasteiger partial charge in [0, 0.05) is 36.6 Å². The predicted molar refractivity (Wildman–Crippen MR) is 90.1 cm³/mol. The van der Waals surface area contributed by atoms with Crippen molar-refractivity contribution in [2.45, 2.75) is 38.6 Å². The number of amides is 1. The number of anilines is 1. The second-order valence-corrected chi connectivity index (χ2v) is 5.71. The molecule has 0 saturated carbocycles. The van der Waals surface area contributed by atoms with Gasteiger partial charge in [0.05, 0.1) is 4.92 Å². The summed E-state index contributed by atoms with van der Waals surface area (Å²) in [5.41, 5.74) is 0.181. The Balaban J connectivity index is 2.14. The van der Waals surface area contributed by atoms with Crippen molar-refractivity contribution in [3.63, 3.8) is 0 Å². The van der Waals surface area contributed by atoms with E-state index in [-0.39, 0.29) is 11.3 Å². The molecule has 1 aliphatic rings. The maximum absolute atomic E-state index is 12.3. The monoisotopic (exact) mass is 328 g/mol. The first-order valence-corrected chi connectivity index (χ1v) is 7.98. The van der Waals surface area contributed by atoms with Crippen LogP contribution >= 0.6 is 0 Å². The number of rotatable bonds is 5. The molecule has 1 heterocycles. The Morgan fingerprint density at radius 3 is 3.00 bits per heavy atom. The van der Waals surface area contributed by atoms with E-state index in [9.17, 15) is 20.2 Å². The third-order valence-corrected chi connectivity index (χ3v) is 4.12. The minimum Gasteiger partial charge on any atom is -0.373 e. The number of non-ortho nitro benzene ring substituents is 1. The quantitative estimate of drug-likeness (QED) is 0.387. The van der Waals surface area contributed by atoms with Crippen LogP contribution in [0, 0.1) is 21.4 Å². The summed E-state index contributed by atoms with van der Waals surface area (Å²) in [5, 5.41) is 22.6. The van der Waals surface area contributed by atoms with Crippen LogP contribution in [0.4, 0.5) is 11.4 Å². The molecule has 1 saturated heterocycles. The molecule has 1 unspecified atom stereocenters. The van der Waals surface area contributed by atoms with Crippen LogP contribution in [0.3, 0.4) is 0 Å². The van der Waals surface area contributed by atoms with E-state index >= 15 is 0 Å².